The third kappa shape index (κ3) is 5.70. The van der Waals surface area contributed by atoms with Crippen molar-refractivity contribution >= 4 is 40.7 Å². The van der Waals surface area contributed by atoms with E-state index in [1.54, 1.807) is 12.1 Å². The van der Waals surface area contributed by atoms with Gasteiger partial charge in [-0.05, 0) is 36.8 Å². The van der Waals surface area contributed by atoms with Crippen LogP contribution in [0.1, 0.15) is 24.1 Å². The predicted octanol–water partition coefficient (Wildman–Crippen LogP) is 3.59. The molecule has 122 valence electrons. The van der Waals surface area contributed by atoms with Crippen LogP contribution in [0.15, 0.2) is 42.5 Å². The molecular formula is C17H18Cl3N2O+. The molecule has 0 heterocycles. The van der Waals surface area contributed by atoms with Gasteiger partial charge < -0.3 is 10.6 Å². The van der Waals surface area contributed by atoms with Crippen LogP contribution in [0.5, 0.6) is 0 Å². The summed E-state index contributed by atoms with van der Waals surface area (Å²) in [6.07, 6.45) is 0. The SMILES string of the molecule is C[C@H]([NH2+]CC(=O)NCc1ccc(Cl)cc1Cl)c1ccc(Cl)cc1. The van der Waals surface area contributed by atoms with Crippen molar-refractivity contribution in [2.45, 2.75) is 19.5 Å². The number of quaternary nitrogens is 1. The largest absolute Gasteiger partial charge is 0.347 e. The van der Waals surface area contributed by atoms with Gasteiger partial charge in [-0.1, -0.05) is 53.0 Å². The highest BCUT2D eigenvalue weighted by Crippen LogP contribution is 2.20. The van der Waals surface area contributed by atoms with E-state index in [1.807, 2.05) is 42.6 Å². The number of carbonyl (C=O) groups is 1. The van der Waals surface area contributed by atoms with Gasteiger partial charge >= 0.3 is 0 Å². The van der Waals surface area contributed by atoms with Gasteiger partial charge in [0.25, 0.3) is 5.91 Å². The molecule has 0 aromatic heterocycles. The van der Waals surface area contributed by atoms with E-state index in [2.05, 4.69) is 5.32 Å². The smallest absolute Gasteiger partial charge is 0.275 e. The minimum atomic E-state index is -0.0446. The maximum absolute atomic E-state index is 12.0. The highest BCUT2D eigenvalue weighted by atomic mass is 35.5. The van der Waals surface area contributed by atoms with E-state index >= 15 is 0 Å². The van der Waals surface area contributed by atoms with Crippen LogP contribution in [0.2, 0.25) is 15.1 Å². The number of halogens is 3. The minimum Gasteiger partial charge on any atom is -0.347 e. The van der Waals surface area contributed by atoms with E-state index in [0.717, 1.165) is 11.1 Å². The Hall–Kier alpha value is -1.26. The molecule has 1 atom stereocenters. The second-order valence-electron chi connectivity index (χ2n) is 5.29. The number of carbonyl (C=O) groups excluding carboxylic acids is 1. The minimum absolute atomic E-state index is 0.0446. The zero-order valence-electron chi connectivity index (χ0n) is 12.7. The van der Waals surface area contributed by atoms with Gasteiger partial charge in [0.05, 0.1) is 0 Å². The Morgan fingerprint density at radius 2 is 1.74 bits per heavy atom. The quantitative estimate of drug-likeness (QED) is 0.800. The van der Waals surface area contributed by atoms with Crippen LogP contribution < -0.4 is 10.6 Å². The van der Waals surface area contributed by atoms with E-state index in [0.29, 0.717) is 28.2 Å². The first-order chi connectivity index (χ1) is 11.0. The molecule has 0 fully saturated rings. The van der Waals surface area contributed by atoms with Crippen LogP contribution >= 0.6 is 34.8 Å². The summed E-state index contributed by atoms with van der Waals surface area (Å²) in [6.45, 7) is 2.78. The Balaban J connectivity index is 1.79. The number of amides is 1. The van der Waals surface area contributed by atoms with E-state index in [9.17, 15) is 4.79 Å². The Bertz CT molecular complexity index is 674. The van der Waals surface area contributed by atoms with Crippen LogP contribution in [-0.4, -0.2) is 12.5 Å². The number of nitrogens with two attached hydrogens (primary N) is 1. The molecule has 2 rings (SSSR count). The fraction of sp³-hybridized carbons (Fsp3) is 0.235. The Kier molecular flexibility index (Phi) is 6.72. The van der Waals surface area contributed by atoms with Crippen molar-refractivity contribution in [1.29, 1.82) is 0 Å². The zero-order valence-corrected chi connectivity index (χ0v) is 14.9. The number of hydrogen-bond donors (Lipinski definition) is 2. The van der Waals surface area contributed by atoms with Gasteiger partial charge in [0.2, 0.25) is 0 Å². The molecule has 23 heavy (non-hydrogen) atoms. The van der Waals surface area contributed by atoms with Crippen molar-refractivity contribution in [2.24, 2.45) is 0 Å². The summed E-state index contributed by atoms with van der Waals surface area (Å²) in [5, 5.41) is 6.67. The lowest BCUT2D eigenvalue weighted by molar-refractivity contribution is -0.682. The maximum Gasteiger partial charge on any atom is 0.275 e. The third-order valence-corrected chi connectivity index (χ3v) is 4.38. The van der Waals surface area contributed by atoms with Crippen LogP contribution in [-0.2, 0) is 11.3 Å². The molecule has 2 aromatic carbocycles. The number of benzene rings is 2. The van der Waals surface area contributed by atoms with Crippen molar-refractivity contribution in [3.05, 3.63) is 68.7 Å². The lowest BCUT2D eigenvalue weighted by Crippen LogP contribution is -2.87. The molecule has 3 nitrogen and oxygen atoms in total. The molecular weight excluding hydrogens is 355 g/mol. The van der Waals surface area contributed by atoms with Crippen LogP contribution in [0.4, 0.5) is 0 Å². The molecule has 0 saturated carbocycles. The predicted molar refractivity (Wildman–Crippen MR) is 95.0 cm³/mol. The van der Waals surface area contributed by atoms with Crippen molar-refractivity contribution < 1.29 is 10.1 Å². The summed E-state index contributed by atoms with van der Waals surface area (Å²) < 4.78 is 0. The van der Waals surface area contributed by atoms with Gasteiger partial charge in [0.15, 0.2) is 6.54 Å². The number of hydrogen-bond acceptors (Lipinski definition) is 1. The lowest BCUT2D eigenvalue weighted by Gasteiger charge is -2.12. The van der Waals surface area contributed by atoms with E-state index < -0.39 is 0 Å². The molecule has 0 aliphatic carbocycles. The fourth-order valence-electron chi connectivity index (χ4n) is 2.12. The summed E-state index contributed by atoms with van der Waals surface area (Å²) in [5.74, 6) is -0.0446. The third-order valence-electron chi connectivity index (χ3n) is 3.54. The van der Waals surface area contributed by atoms with Gasteiger partial charge in [-0.15, -0.1) is 0 Å². The summed E-state index contributed by atoms with van der Waals surface area (Å²) >= 11 is 17.8. The molecule has 0 aliphatic heterocycles. The summed E-state index contributed by atoms with van der Waals surface area (Å²) in [4.78, 5) is 12.0. The molecule has 2 aromatic rings. The van der Waals surface area contributed by atoms with Crippen molar-refractivity contribution in [2.75, 3.05) is 6.54 Å². The Morgan fingerprint density at radius 1 is 1.09 bits per heavy atom. The van der Waals surface area contributed by atoms with E-state index in [1.165, 1.54) is 0 Å². The molecule has 1 amide bonds. The first-order valence-electron chi connectivity index (χ1n) is 7.25. The average molecular weight is 373 g/mol. The second-order valence-corrected chi connectivity index (χ2v) is 6.57. The first kappa shape index (κ1) is 18.1. The number of rotatable bonds is 6. The highest BCUT2D eigenvalue weighted by molar-refractivity contribution is 6.35. The zero-order chi connectivity index (χ0) is 16.8. The van der Waals surface area contributed by atoms with Crippen LogP contribution in [0, 0.1) is 0 Å². The van der Waals surface area contributed by atoms with Crippen molar-refractivity contribution in [3.8, 4) is 0 Å². The van der Waals surface area contributed by atoms with Crippen LogP contribution in [0.25, 0.3) is 0 Å². The van der Waals surface area contributed by atoms with Gasteiger partial charge in [-0.2, -0.15) is 0 Å². The van der Waals surface area contributed by atoms with Crippen molar-refractivity contribution in [3.63, 3.8) is 0 Å². The van der Waals surface area contributed by atoms with Gasteiger partial charge in [0.1, 0.15) is 6.04 Å². The summed E-state index contributed by atoms with van der Waals surface area (Å²) in [6, 6.07) is 13.0. The molecule has 3 N–H and O–H groups in total. The van der Waals surface area contributed by atoms with Crippen molar-refractivity contribution in [1.82, 2.24) is 5.32 Å². The topological polar surface area (TPSA) is 45.7 Å². The fourth-order valence-corrected chi connectivity index (χ4v) is 2.72. The first-order valence-corrected chi connectivity index (χ1v) is 8.38. The van der Waals surface area contributed by atoms with Gasteiger partial charge in [-0.3, -0.25) is 4.79 Å². The molecule has 0 radical (unpaired) electrons. The summed E-state index contributed by atoms with van der Waals surface area (Å²) in [7, 11) is 0. The highest BCUT2D eigenvalue weighted by Gasteiger charge is 2.11. The molecule has 0 aliphatic rings. The molecule has 0 unspecified atom stereocenters. The summed E-state index contributed by atoms with van der Waals surface area (Å²) in [5.41, 5.74) is 1.97. The normalized spacial score (nSPS) is 12.0. The molecule has 6 heteroatoms. The van der Waals surface area contributed by atoms with E-state index in [-0.39, 0.29) is 11.9 Å². The van der Waals surface area contributed by atoms with Gasteiger partial charge in [0, 0.05) is 27.2 Å². The maximum atomic E-state index is 12.0. The molecule has 0 saturated heterocycles. The Morgan fingerprint density at radius 3 is 2.39 bits per heavy atom. The number of nitrogens with one attached hydrogen (secondary N) is 1. The molecule has 0 spiro atoms. The Labute approximate surface area is 150 Å². The van der Waals surface area contributed by atoms with E-state index in [4.69, 9.17) is 34.8 Å². The van der Waals surface area contributed by atoms with Crippen LogP contribution in [0.3, 0.4) is 0 Å². The van der Waals surface area contributed by atoms with Gasteiger partial charge in [-0.25, -0.2) is 0 Å². The monoisotopic (exact) mass is 371 g/mol. The average Bonchev–Trinajstić information content (AvgIpc) is 2.52. The lowest BCUT2D eigenvalue weighted by atomic mass is 10.1. The molecule has 0 bridgehead atoms. The standard InChI is InChI=1S/C17H17Cl3N2O/c1-11(12-2-5-14(18)6-3-12)21-10-17(23)22-9-13-4-7-15(19)8-16(13)20/h2-8,11,21H,9-10H2,1H3,(H,22,23)/p+1/t11-/m0/s1. The second kappa shape index (κ2) is 8.55.